The van der Waals surface area contributed by atoms with Crippen molar-refractivity contribution in [1.29, 1.82) is 0 Å². The summed E-state index contributed by atoms with van der Waals surface area (Å²) in [5.41, 5.74) is 6.24. The number of anilines is 1. The lowest BCUT2D eigenvalue weighted by Crippen LogP contribution is -2.18. The molecular weight excluding hydrogens is 266 g/mol. The molecule has 102 valence electrons. The number of imidazole rings is 1. The van der Waals surface area contributed by atoms with Gasteiger partial charge in [-0.15, -0.1) is 11.3 Å². The number of fused-ring (bicyclic) bond motifs is 2. The number of benzene rings is 1. The van der Waals surface area contributed by atoms with E-state index in [9.17, 15) is 0 Å². The lowest BCUT2D eigenvalue weighted by molar-refractivity contribution is 0.586. The van der Waals surface area contributed by atoms with E-state index in [0.29, 0.717) is 0 Å². The summed E-state index contributed by atoms with van der Waals surface area (Å²) in [6.07, 6.45) is 0. The molecular formula is C16H17N3S. The van der Waals surface area contributed by atoms with Gasteiger partial charge in [-0.1, -0.05) is 13.8 Å². The highest BCUT2D eigenvalue weighted by atomic mass is 32.1. The first-order valence-corrected chi connectivity index (χ1v) is 7.74. The molecule has 2 N–H and O–H groups in total. The third-order valence-electron chi connectivity index (χ3n) is 4.04. The number of rotatable bonds is 1. The van der Waals surface area contributed by atoms with Gasteiger partial charge in [-0.2, -0.15) is 0 Å². The van der Waals surface area contributed by atoms with Gasteiger partial charge in [0.25, 0.3) is 0 Å². The first-order chi connectivity index (χ1) is 9.53. The zero-order valence-electron chi connectivity index (χ0n) is 11.9. The fourth-order valence-electron chi connectivity index (χ4n) is 2.85. The summed E-state index contributed by atoms with van der Waals surface area (Å²) in [5, 5.41) is 5.64. The minimum absolute atomic E-state index is 0.189. The third-order valence-corrected chi connectivity index (χ3v) is 5.09. The molecule has 0 fully saturated rings. The van der Waals surface area contributed by atoms with Gasteiger partial charge in [-0.05, 0) is 41.6 Å². The number of aromatic amines is 1. The van der Waals surface area contributed by atoms with Gasteiger partial charge in [0.15, 0.2) is 0 Å². The summed E-state index contributed by atoms with van der Waals surface area (Å²) in [5.74, 6) is 0.972. The Morgan fingerprint density at radius 3 is 2.85 bits per heavy atom. The fraction of sp³-hybridized carbons (Fsp3) is 0.312. The molecule has 20 heavy (non-hydrogen) atoms. The number of nitrogens with zero attached hydrogens (tertiary/aromatic N) is 1. The van der Waals surface area contributed by atoms with Crippen LogP contribution in [0.25, 0.3) is 21.7 Å². The van der Waals surface area contributed by atoms with Gasteiger partial charge in [0.2, 0.25) is 0 Å². The van der Waals surface area contributed by atoms with Crippen molar-refractivity contribution < 1.29 is 0 Å². The number of H-pyrrole nitrogens is 1. The Bertz CT molecular complexity index is 810. The van der Waals surface area contributed by atoms with Crippen molar-refractivity contribution in [2.75, 3.05) is 11.9 Å². The second-order valence-electron chi connectivity index (χ2n) is 6.23. The van der Waals surface area contributed by atoms with Crippen molar-refractivity contribution in [2.45, 2.75) is 26.2 Å². The van der Waals surface area contributed by atoms with Crippen LogP contribution in [-0.4, -0.2) is 16.5 Å². The summed E-state index contributed by atoms with van der Waals surface area (Å²) in [6, 6.07) is 6.60. The highest BCUT2D eigenvalue weighted by molar-refractivity contribution is 7.13. The monoisotopic (exact) mass is 283 g/mol. The van der Waals surface area contributed by atoms with Gasteiger partial charge in [0, 0.05) is 17.6 Å². The molecule has 0 bridgehead atoms. The molecule has 3 aromatic rings. The molecule has 4 heteroatoms. The van der Waals surface area contributed by atoms with Crippen LogP contribution >= 0.6 is 11.3 Å². The molecule has 0 unspecified atom stereocenters. The van der Waals surface area contributed by atoms with Crippen LogP contribution < -0.4 is 5.32 Å². The molecule has 0 saturated heterocycles. The Kier molecular flexibility index (Phi) is 2.31. The number of hydrogen-bond donors (Lipinski definition) is 2. The van der Waals surface area contributed by atoms with E-state index in [1.165, 1.54) is 21.7 Å². The van der Waals surface area contributed by atoms with E-state index in [-0.39, 0.29) is 5.41 Å². The first kappa shape index (κ1) is 12.0. The quantitative estimate of drug-likeness (QED) is 0.699. The van der Waals surface area contributed by atoms with Crippen LogP contribution in [0.1, 0.15) is 25.0 Å². The molecule has 0 atom stereocenters. The average Bonchev–Trinajstić information content (AvgIpc) is 3.06. The van der Waals surface area contributed by atoms with E-state index in [0.717, 1.165) is 23.4 Å². The second-order valence-corrected chi connectivity index (χ2v) is 7.14. The van der Waals surface area contributed by atoms with Crippen LogP contribution in [0.2, 0.25) is 0 Å². The Balaban J connectivity index is 1.89. The van der Waals surface area contributed by atoms with Crippen molar-refractivity contribution >= 4 is 28.1 Å². The van der Waals surface area contributed by atoms with Gasteiger partial charge in [0.1, 0.15) is 5.82 Å². The Labute approximate surface area is 122 Å². The maximum Gasteiger partial charge on any atom is 0.148 e. The summed E-state index contributed by atoms with van der Waals surface area (Å²) >= 11 is 1.74. The maximum atomic E-state index is 4.74. The number of aromatic nitrogens is 2. The highest BCUT2D eigenvalue weighted by Gasteiger charge is 2.30. The van der Waals surface area contributed by atoms with Gasteiger partial charge >= 0.3 is 0 Å². The lowest BCUT2D eigenvalue weighted by Gasteiger charge is -2.16. The molecule has 2 aromatic heterocycles. The van der Waals surface area contributed by atoms with Crippen molar-refractivity contribution in [2.24, 2.45) is 0 Å². The van der Waals surface area contributed by atoms with E-state index < -0.39 is 0 Å². The van der Waals surface area contributed by atoms with Crippen LogP contribution in [0.3, 0.4) is 0 Å². The largest absolute Gasteiger partial charge is 0.384 e. The molecule has 0 spiro atoms. The molecule has 0 radical (unpaired) electrons. The molecule has 3 heterocycles. The number of nitrogens with one attached hydrogen (secondary N) is 2. The maximum absolute atomic E-state index is 4.74. The summed E-state index contributed by atoms with van der Waals surface area (Å²) in [6.45, 7) is 7.66. The fourth-order valence-corrected chi connectivity index (χ4v) is 3.69. The lowest BCUT2D eigenvalue weighted by atomic mass is 9.87. The van der Waals surface area contributed by atoms with Gasteiger partial charge < -0.3 is 10.3 Å². The van der Waals surface area contributed by atoms with Crippen LogP contribution in [0.4, 0.5) is 5.69 Å². The SMILES string of the molecule is Cc1csc(-c2nc3cc4c(cc3[nH]2)C(C)(C)CN4)c1. The molecule has 4 rings (SSSR count). The van der Waals surface area contributed by atoms with Crippen molar-refractivity contribution in [3.8, 4) is 10.7 Å². The normalized spacial score (nSPS) is 16.4. The average molecular weight is 283 g/mol. The number of aryl methyl sites for hydroxylation is 1. The molecule has 0 aliphatic carbocycles. The number of hydrogen-bond acceptors (Lipinski definition) is 3. The minimum atomic E-state index is 0.189. The van der Waals surface area contributed by atoms with Crippen LogP contribution in [0.5, 0.6) is 0 Å². The van der Waals surface area contributed by atoms with Gasteiger partial charge in [0.05, 0.1) is 15.9 Å². The van der Waals surface area contributed by atoms with Crippen molar-refractivity contribution in [1.82, 2.24) is 9.97 Å². The van der Waals surface area contributed by atoms with E-state index in [4.69, 9.17) is 4.98 Å². The Morgan fingerprint density at radius 1 is 1.25 bits per heavy atom. The standard InChI is InChI=1S/C16H17N3S/c1-9-4-14(20-7-9)15-18-12-5-10-11(6-13(12)19-15)17-8-16(10,2)3/h4-7,17H,8H2,1-3H3,(H,18,19). The van der Waals surface area contributed by atoms with Gasteiger partial charge in [-0.25, -0.2) is 4.98 Å². The van der Waals surface area contributed by atoms with E-state index in [1.807, 2.05) is 0 Å². The summed E-state index contributed by atoms with van der Waals surface area (Å²) in [4.78, 5) is 9.40. The zero-order chi connectivity index (χ0) is 13.9. The Hall–Kier alpha value is -1.81. The van der Waals surface area contributed by atoms with Crippen LogP contribution in [-0.2, 0) is 5.41 Å². The van der Waals surface area contributed by atoms with Crippen molar-refractivity contribution in [3.05, 3.63) is 34.7 Å². The molecule has 1 aromatic carbocycles. The smallest absolute Gasteiger partial charge is 0.148 e. The van der Waals surface area contributed by atoms with Crippen molar-refractivity contribution in [3.63, 3.8) is 0 Å². The molecule has 1 aliphatic rings. The third kappa shape index (κ3) is 1.68. The zero-order valence-corrected chi connectivity index (χ0v) is 12.7. The van der Waals surface area contributed by atoms with E-state index in [2.05, 4.69) is 54.7 Å². The van der Waals surface area contributed by atoms with Gasteiger partial charge in [-0.3, -0.25) is 0 Å². The van der Waals surface area contributed by atoms with Crippen LogP contribution in [0.15, 0.2) is 23.6 Å². The molecule has 1 aliphatic heterocycles. The minimum Gasteiger partial charge on any atom is -0.384 e. The predicted octanol–water partition coefficient (Wildman–Crippen LogP) is 4.30. The summed E-state index contributed by atoms with van der Waals surface area (Å²) < 4.78 is 0. The van der Waals surface area contributed by atoms with E-state index >= 15 is 0 Å². The second kappa shape index (κ2) is 3.85. The van der Waals surface area contributed by atoms with Crippen LogP contribution in [0, 0.1) is 6.92 Å². The highest BCUT2D eigenvalue weighted by Crippen LogP contribution is 2.39. The van der Waals surface area contributed by atoms with E-state index in [1.54, 1.807) is 11.3 Å². The number of thiophene rings is 1. The molecule has 3 nitrogen and oxygen atoms in total. The Morgan fingerprint density at radius 2 is 2.10 bits per heavy atom. The topological polar surface area (TPSA) is 40.7 Å². The molecule has 0 saturated carbocycles. The summed E-state index contributed by atoms with van der Waals surface area (Å²) in [7, 11) is 0. The first-order valence-electron chi connectivity index (χ1n) is 6.86. The predicted molar refractivity (Wildman–Crippen MR) is 85.7 cm³/mol. The molecule has 0 amide bonds.